The van der Waals surface area contributed by atoms with Crippen molar-refractivity contribution >= 4 is 0 Å². The summed E-state index contributed by atoms with van der Waals surface area (Å²) >= 11 is 0. The molecule has 104 valence electrons. The van der Waals surface area contributed by atoms with Crippen molar-refractivity contribution in [2.24, 2.45) is 5.92 Å². The van der Waals surface area contributed by atoms with E-state index in [1.54, 1.807) is 7.11 Å². The molecule has 1 heterocycles. The molecule has 0 aliphatic carbocycles. The van der Waals surface area contributed by atoms with E-state index in [2.05, 4.69) is 29.3 Å². The summed E-state index contributed by atoms with van der Waals surface area (Å²) in [7, 11) is 3.63. The molecule has 2 unspecified atom stereocenters. The number of ether oxygens (including phenoxy) is 1. The minimum Gasteiger partial charge on any atom is -0.373 e. The predicted octanol–water partition coefficient (Wildman–Crippen LogP) is 2.34. The van der Waals surface area contributed by atoms with Crippen LogP contribution in [0.2, 0.25) is 0 Å². The van der Waals surface area contributed by atoms with Crippen LogP contribution in [0.15, 0.2) is 4.52 Å². The number of nitrogens with zero attached hydrogens (tertiary/aromatic N) is 2. The van der Waals surface area contributed by atoms with Gasteiger partial charge < -0.3 is 14.6 Å². The second-order valence-electron chi connectivity index (χ2n) is 5.00. The summed E-state index contributed by atoms with van der Waals surface area (Å²) in [6, 6.07) is 0.376. The van der Waals surface area contributed by atoms with Gasteiger partial charge in [-0.1, -0.05) is 25.9 Å². The zero-order chi connectivity index (χ0) is 13.5. The Morgan fingerprint density at radius 2 is 2.11 bits per heavy atom. The minimum absolute atomic E-state index is 0.0689. The number of rotatable bonds is 8. The summed E-state index contributed by atoms with van der Waals surface area (Å²) < 4.78 is 10.6. The van der Waals surface area contributed by atoms with Gasteiger partial charge in [0.1, 0.15) is 6.10 Å². The molecule has 0 bridgehead atoms. The molecule has 0 aliphatic rings. The first-order chi connectivity index (χ1) is 8.60. The van der Waals surface area contributed by atoms with Gasteiger partial charge in [0.2, 0.25) is 11.7 Å². The number of hydrogen-bond acceptors (Lipinski definition) is 5. The van der Waals surface area contributed by atoms with E-state index < -0.39 is 0 Å². The Kier molecular flexibility index (Phi) is 6.29. The number of hydrogen-bond donors (Lipinski definition) is 1. The lowest BCUT2D eigenvalue weighted by Gasteiger charge is -2.15. The molecule has 0 aliphatic heterocycles. The van der Waals surface area contributed by atoms with Crippen LogP contribution in [-0.2, 0) is 11.2 Å². The summed E-state index contributed by atoms with van der Waals surface area (Å²) in [4.78, 5) is 4.40. The standard InChI is InChI=1S/C13H25N3O2/c1-6-11(17-5)13-15-12(18-16-13)8-10(14-4)7-9(2)3/h9-11,14H,6-8H2,1-5H3. The van der Waals surface area contributed by atoms with E-state index in [9.17, 15) is 0 Å². The van der Waals surface area contributed by atoms with Crippen LogP contribution in [0.3, 0.4) is 0 Å². The van der Waals surface area contributed by atoms with Crippen LogP contribution in [0.5, 0.6) is 0 Å². The third-order valence-corrected chi connectivity index (χ3v) is 3.01. The lowest BCUT2D eigenvalue weighted by Crippen LogP contribution is -2.29. The van der Waals surface area contributed by atoms with Gasteiger partial charge >= 0.3 is 0 Å². The highest BCUT2D eigenvalue weighted by Crippen LogP contribution is 2.17. The van der Waals surface area contributed by atoms with Gasteiger partial charge in [-0.05, 0) is 25.8 Å². The summed E-state index contributed by atoms with van der Waals surface area (Å²) in [5, 5.41) is 7.28. The van der Waals surface area contributed by atoms with Gasteiger partial charge in [0.15, 0.2) is 0 Å². The van der Waals surface area contributed by atoms with Gasteiger partial charge in [0, 0.05) is 19.6 Å². The summed E-state index contributed by atoms with van der Waals surface area (Å²) in [5.74, 6) is 1.97. The molecular weight excluding hydrogens is 230 g/mol. The monoisotopic (exact) mass is 255 g/mol. The van der Waals surface area contributed by atoms with Crippen LogP contribution >= 0.6 is 0 Å². The second kappa shape index (κ2) is 7.48. The van der Waals surface area contributed by atoms with Crippen molar-refractivity contribution in [3.8, 4) is 0 Å². The number of nitrogens with one attached hydrogen (secondary N) is 1. The molecule has 0 saturated carbocycles. The highest BCUT2D eigenvalue weighted by atomic mass is 16.5. The van der Waals surface area contributed by atoms with Crippen molar-refractivity contribution in [3.63, 3.8) is 0 Å². The van der Waals surface area contributed by atoms with E-state index in [1.807, 2.05) is 14.0 Å². The van der Waals surface area contributed by atoms with Crippen molar-refractivity contribution in [1.29, 1.82) is 0 Å². The van der Waals surface area contributed by atoms with Crippen LogP contribution in [0.1, 0.15) is 51.4 Å². The molecule has 1 aromatic rings. The van der Waals surface area contributed by atoms with Crippen LogP contribution in [0.4, 0.5) is 0 Å². The van der Waals surface area contributed by atoms with Gasteiger partial charge in [0.25, 0.3) is 0 Å². The first-order valence-corrected chi connectivity index (χ1v) is 6.63. The fourth-order valence-corrected chi connectivity index (χ4v) is 2.02. The van der Waals surface area contributed by atoms with Gasteiger partial charge in [0.05, 0.1) is 0 Å². The Bertz CT molecular complexity index is 335. The Balaban J connectivity index is 2.62. The predicted molar refractivity (Wildman–Crippen MR) is 70.3 cm³/mol. The van der Waals surface area contributed by atoms with E-state index >= 15 is 0 Å². The highest BCUT2D eigenvalue weighted by Gasteiger charge is 2.18. The van der Waals surface area contributed by atoms with Gasteiger partial charge in [-0.3, -0.25) is 0 Å². The summed E-state index contributed by atoms with van der Waals surface area (Å²) in [6.07, 6.45) is 2.63. The van der Waals surface area contributed by atoms with E-state index in [0.29, 0.717) is 23.7 Å². The SMILES string of the molecule is CCC(OC)c1noc(CC(CC(C)C)NC)n1. The molecule has 1 N–H and O–H groups in total. The Labute approximate surface area is 109 Å². The minimum atomic E-state index is -0.0689. The van der Waals surface area contributed by atoms with E-state index in [0.717, 1.165) is 19.3 Å². The molecule has 5 nitrogen and oxygen atoms in total. The highest BCUT2D eigenvalue weighted by molar-refractivity contribution is 4.93. The lowest BCUT2D eigenvalue weighted by molar-refractivity contribution is 0.0903. The second-order valence-corrected chi connectivity index (χ2v) is 5.00. The Morgan fingerprint density at radius 3 is 2.61 bits per heavy atom. The van der Waals surface area contributed by atoms with Crippen molar-refractivity contribution in [2.45, 2.75) is 52.2 Å². The topological polar surface area (TPSA) is 60.2 Å². The molecule has 0 saturated heterocycles. The third kappa shape index (κ3) is 4.38. The van der Waals surface area contributed by atoms with Crippen LogP contribution < -0.4 is 5.32 Å². The van der Waals surface area contributed by atoms with E-state index in [4.69, 9.17) is 9.26 Å². The third-order valence-electron chi connectivity index (χ3n) is 3.01. The quantitative estimate of drug-likeness (QED) is 0.772. The van der Waals surface area contributed by atoms with Crippen molar-refractivity contribution in [2.75, 3.05) is 14.2 Å². The van der Waals surface area contributed by atoms with Gasteiger partial charge in [-0.25, -0.2) is 0 Å². The Morgan fingerprint density at radius 1 is 1.39 bits per heavy atom. The average Bonchev–Trinajstić information content (AvgIpc) is 2.78. The summed E-state index contributed by atoms with van der Waals surface area (Å²) in [6.45, 7) is 6.46. The summed E-state index contributed by atoms with van der Waals surface area (Å²) in [5.41, 5.74) is 0. The van der Waals surface area contributed by atoms with Gasteiger partial charge in [-0.15, -0.1) is 0 Å². The molecular formula is C13H25N3O2. The van der Waals surface area contributed by atoms with Crippen LogP contribution in [-0.4, -0.2) is 30.3 Å². The largest absolute Gasteiger partial charge is 0.373 e. The maximum Gasteiger partial charge on any atom is 0.228 e. The fourth-order valence-electron chi connectivity index (χ4n) is 2.02. The molecule has 2 atom stereocenters. The van der Waals surface area contributed by atoms with Gasteiger partial charge in [-0.2, -0.15) is 4.98 Å². The molecule has 0 aromatic carbocycles. The molecule has 5 heteroatoms. The maximum atomic E-state index is 5.29. The molecule has 1 aromatic heterocycles. The van der Waals surface area contributed by atoms with E-state index in [1.165, 1.54) is 0 Å². The zero-order valence-corrected chi connectivity index (χ0v) is 12.1. The number of methoxy groups -OCH3 is 1. The first kappa shape index (κ1) is 15.1. The zero-order valence-electron chi connectivity index (χ0n) is 12.1. The van der Waals surface area contributed by atoms with Crippen molar-refractivity contribution in [3.05, 3.63) is 11.7 Å². The fraction of sp³-hybridized carbons (Fsp3) is 0.846. The normalized spacial score (nSPS) is 15.0. The lowest BCUT2D eigenvalue weighted by atomic mass is 10.0. The first-order valence-electron chi connectivity index (χ1n) is 6.63. The maximum absolute atomic E-state index is 5.29. The molecule has 0 radical (unpaired) electrons. The van der Waals surface area contributed by atoms with Crippen molar-refractivity contribution < 1.29 is 9.26 Å². The molecule has 1 rings (SSSR count). The molecule has 0 spiro atoms. The van der Waals surface area contributed by atoms with Crippen molar-refractivity contribution in [1.82, 2.24) is 15.5 Å². The Hall–Kier alpha value is -0.940. The molecule has 18 heavy (non-hydrogen) atoms. The van der Waals surface area contributed by atoms with Crippen LogP contribution in [0, 0.1) is 5.92 Å². The smallest absolute Gasteiger partial charge is 0.228 e. The number of likely N-dealkylation sites (N-methyl/N-ethyl adjacent to an activating group) is 1. The molecule has 0 fully saturated rings. The average molecular weight is 255 g/mol. The number of aromatic nitrogens is 2. The molecule has 0 amide bonds. The van der Waals surface area contributed by atoms with E-state index in [-0.39, 0.29) is 6.10 Å². The van der Waals surface area contributed by atoms with Crippen LogP contribution in [0.25, 0.3) is 0 Å².